The second-order valence-corrected chi connectivity index (χ2v) is 8.76. The van der Waals surface area contributed by atoms with Gasteiger partial charge in [-0.2, -0.15) is 8.42 Å². The summed E-state index contributed by atoms with van der Waals surface area (Å²) in [5.74, 6) is -3.05. The van der Waals surface area contributed by atoms with Gasteiger partial charge in [0.15, 0.2) is 11.4 Å². The maximum absolute atomic E-state index is 12.7. The second kappa shape index (κ2) is 6.34. The van der Waals surface area contributed by atoms with E-state index < -0.39 is 63.9 Å². The highest BCUT2D eigenvalue weighted by Gasteiger charge is 2.76. The van der Waals surface area contributed by atoms with Crippen molar-refractivity contribution in [1.82, 2.24) is 0 Å². The van der Waals surface area contributed by atoms with Gasteiger partial charge in [0, 0.05) is 17.4 Å². The Hall–Kier alpha value is -1.94. The summed E-state index contributed by atoms with van der Waals surface area (Å²) in [5.41, 5.74) is 0.120. The van der Waals surface area contributed by atoms with Crippen LogP contribution in [0.3, 0.4) is 0 Å². The molecule has 2 saturated carbocycles. The van der Waals surface area contributed by atoms with E-state index in [9.17, 15) is 22.8 Å². The molecule has 10 heteroatoms. The van der Waals surface area contributed by atoms with E-state index in [1.54, 1.807) is 0 Å². The number of fused-ring (bicyclic) bond motifs is 1. The highest BCUT2D eigenvalue weighted by Crippen LogP contribution is 2.63. The van der Waals surface area contributed by atoms with Crippen LogP contribution in [-0.4, -0.2) is 57.0 Å². The third-order valence-corrected chi connectivity index (χ3v) is 7.48. The topological polar surface area (TPSA) is 122 Å². The van der Waals surface area contributed by atoms with Crippen LogP contribution >= 0.6 is 0 Å². The molecule has 0 radical (unpaired) electrons. The van der Waals surface area contributed by atoms with Gasteiger partial charge in [-0.1, -0.05) is 6.58 Å². The van der Waals surface area contributed by atoms with E-state index in [0.29, 0.717) is 12.8 Å². The Morgan fingerprint density at radius 1 is 1.23 bits per heavy atom. The Morgan fingerprint density at radius 3 is 2.54 bits per heavy atom. The minimum atomic E-state index is -4.14. The van der Waals surface area contributed by atoms with E-state index in [4.69, 9.17) is 13.7 Å². The van der Waals surface area contributed by atoms with Crippen molar-refractivity contribution in [2.45, 2.75) is 43.1 Å². The molecule has 0 aromatic rings. The zero-order valence-electron chi connectivity index (χ0n) is 14.4. The van der Waals surface area contributed by atoms with Crippen molar-refractivity contribution < 1.29 is 41.2 Å². The van der Waals surface area contributed by atoms with Crippen molar-refractivity contribution in [3.05, 3.63) is 12.2 Å². The normalized spacial score (nSPS) is 35.8. The second-order valence-electron chi connectivity index (χ2n) is 6.90. The van der Waals surface area contributed by atoms with Crippen LogP contribution in [0.5, 0.6) is 0 Å². The number of rotatable bonds is 6. The summed E-state index contributed by atoms with van der Waals surface area (Å²) in [5, 5.41) is 0. The molecule has 1 heterocycles. The van der Waals surface area contributed by atoms with Gasteiger partial charge in [-0.05, 0) is 19.8 Å². The molecule has 0 aromatic heterocycles. The molecule has 5 unspecified atom stereocenters. The third-order valence-electron chi connectivity index (χ3n) is 5.37. The quantitative estimate of drug-likeness (QED) is 0.269. The first-order chi connectivity index (χ1) is 12.1. The van der Waals surface area contributed by atoms with Gasteiger partial charge in [0.1, 0.15) is 6.10 Å². The van der Waals surface area contributed by atoms with E-state index in [0.717, 1.165) is 7.11 Å². The lowest BCUT2D eigenvalue weighted by atomic mass is 9.81. The molecule has 0 N–H and O–H groups in total. The molecular formula is C16H20O9S. The van der Waals surface area contributed by atoms with Gasteiger partial charge in [0.25, 0.3) is 10.1 Å². The molecule has 5 atom stereocenters. The van der Waals surface area contributed by atoms with Gasteiger partial charge < -0.3 is 14.2 Å². The number of carbonyl (C=O) groups excluding carboxylic acids is 3. The molecule has 0 amide bonds. The Balaban J connectivity index is 1.81. The molecular weight excluding hydrogens is 368 g/mol. The van der Waals surface area contributed by atoms with Gasteiger partial charge in [0.05, 0.1) is 19.6 Å². The van der Waals surface area contributed by atoms with Crippen molar-refractivity contribution in [2.75, 3.05) is 13.7 Å². The first-order valence-corrected chi connectivity index (χ1v) is 9.55. The fraction of sp³-hybridized carbons (Fsp3) is 0.688. The van der Waals surface area contributed by atoms with Gasteiger partial charge in [0.2, 0.25) is 0 Å². The zero-order chi connectivity index (χ0) is 19.3. The van der Waals surface area contributed by atoms with Crippen LogP contribution < -0.4 is 0 Å². The first kappa shape index (κ1) is 18.8. The van der Waals surface area contributed by atoms with E-state index >= 15 is 0 Å². The number of hydrogen-bond donors (Lipinski definition) is 0. The smallest absolute Gasteiger partial charge is 0.344 e. The van der Waals surface area contributed by atoms with Crippen molar-refractivity contribution in [3.63, 3.8) is 0 Å². The average Bonchev–Trinajstić information content (AvgIpc) is 3.13. The largest absolute Gasteiger partial charge is 0.469 e. The van der Waals surface area contributed by atoms with Crippen molar-refractivity contribution in [2.24, 2.45) is 11.8 Å². The molecule has 3 rings (SSSR count). The van der Waals surface area contributed by atoms with Gasteiger partial charge >= 0.3 is 17.9 Å². The van der Waals surface area contributed by atoms with Crippen molar-refractivity contribution in [1.29, 1.82) is 0 Å². The monoisotopic (exact) mass is 388 g/mol. The molecule has 9 nitrogen and oxygen atoms in total. The number of hydrogen-bond acceptors (Lipinski definition) is 9. The minimum Gasteiger partial charge on any atom is -0.469 e. The van der Waals surface area contributed by atoms with Crippen LogP contribution in [0, 0.1) is 11.8 Å². The predicted octanol–water partition coefficient (Wildman–Crippen LogP) is 0.0878. The molecule has 144 valence electrons. The van der Waals surface area contributed by atoms with Crippen LogP contribution in [-0.2, 0) is 42.9 Å². The van der Waals surface area contributed by atoms with Crippen LogP contribution in [0.2, 0.25) is 0 Å². The average molecular weight is 388 g/mol. The summed E-state index contributed by atoms with van der Waals surface area (Å²) in [6, 6.07) is 0. The van der Waals surface area contributed by atoms with Crippen LogP contribution in [0.15, 0.2) is 12.2 Å². The lowest BCUT2D eigenvalue weighted by Gasteiger charge is -2.35. The van der Waals surface area contributed by atoms with Crippen LogP contribution in [0.25, 0.3) is 0 Å². The standard InChI is InChI=1S/C16H20O9S/c1-8(2)15(19)23-7-13(18)24-14-9-4-10-11(5-9)25-26(20,21)16(10,14)6-12(17)22-3/h9-11,14H,1,4-7H2,2-3H3. The predicted molar refractivity (Wildman–Crippen MR) is 85.0 cm³/mol. The van der Waals surface area contributed by atoms with Crippen molar-refractivity contribution in [3.8, 4) is 0 Å². The van der Waals surface area contributed by atoms with E-state index in [1.165, 1.54) is 6.92 Å². The SMILES string of the molecule is C=C(C)C(=O)OCC(=O)OC1C2CC3OS(=O)(=O)C1(CC(=O)OC)C3C2. The summed E-state index contributed by atoms with van der Waals surface area (Å²) in [7, 11) is -2.98. The molecule has 1 aliphatic heterocycles. The van der Waals surface area contributed by atoms with E-state index in [-0.39, 0.29) is 11.5 Å². The minimum absolute atomic E-state index is 0.120. The number of carbonyl (C=O) groups is 3. The summed E-state index contributed by atoms with van der Waals surface area (Å²) in [4.78, 5) is 35.4. The zero-order valence-corrected chi connectivity index (χ0v) is 15.2. The molecule has 3 fully saturated rings. The van der Waals surface area contributed by atoms with Gasteiger partial charge in [-0.25, -0.2) is 9.59 Å². The number of methoxy groups -OCH3 is 1. The van der Waals surface area contributed by atoms with E-state index in [2.05, 4.69) is 11.3 Å². The fourth-order valence-corrected chi connectivity index (χ4v) is 6.49. The molecule has 1 saturated heterocycles. The lowest BCUT2D eigenvalue weighted by molar-refractivity contribution is -0.165. The van der Waals surface area contributed by atoms with Crippen molar-refractivity contribution >= 4 is 28.0 Å². The van der Waals surface area contributed by atoms with E-state index in [1.807, 2.05) is 0 Å². The highest BCUT2D eigenvalue weighted by molar-refractivity contribution is 7.88. The van der Waals surface area contributed by atoms with Crippen LogP contribution in [0.1, 0.15) is 26.2 Å². The Morgan fingerprint density at radius 2 is 1.92 bits per heavy atom. The highest BCUT2D eigenvalue weighted by atomic mass is 32.2. The van der Waals surface area contributed by atoms with Gasteiger partial charge in [-0.3, -0.25) is 8.98 Å². The molecule has 0 spiro atoms. The maximum atomic E-state index is 12.7. The van der Waals surface area contributed by atoms with Gasteiger partial charge in [-0.15, -0.1) is 0 Å². The maximum Gasteiger partial charge on any atom is 0.344 e. The summed E-state index contributed by atoms with van der Waals surface area (Å²) in [6.45, 7) is 4.16. The third kappa shape index (κ3) is 2.71. The Labute approximate surface area is 150 Å². The Kier molecular flexibility index (Phi) is 4.60. The Bertz CT molecular complexity index is 771. The molecule has 2 bridgehead atoms. The molecule has 0 aromatic carbocycles. The summed E-state index contributed by atoms with van der Waals surface area (Å²) < 4.78 is 43.7. The summed E-state index contributed by atoms with van der Waals surface area (Å²) in [6.07, 6.45) is -1.11. The number of ether oxygens (including phenoxy) is 3. The number of esters is 3. The van der Waals surface area contributed by atoms with Crippen LogP contribution in [0.4, 0.5) is 0 Å². The first-order valence-electron chi connectivity index (χ1n) is 8.14. The summed E-state index contributed by atoms with van der Waals surface area (Å²) >= 11 is 0. The molecule has 26 heavy (non-hydrogen) atoms. The molecule has 2 aliphatic carbocycles. The molecule has 3 aliphatic rings. The fourth-order valence-electron chi connectivity index (χ4n) is 4.33. The lowest BCUT2D eigenvalue weighted by Crippen LogP contribution is -2.53.